The Kier molecular flexibility index (Phi) is 5.09. The Morgan fingerprint density at radius 3 is 2.92 bits per heavy atom. The highest BCUT2D eigenvalue weighted by atomic mass is 16.2. The normalized spacial score (nSPS) is 14.1. The fraction of sp³-hybridized carbons (Fsp3) is 0.316. The Bertz CT molecular complexity index is 774. The maximum absolute atomic E-state index is 12.6. The van der Waals surface area contributed by atoms with Crippen LogP contribution in [-0.4, -0.2) is 29.4 Å². The number of anilines is 2. The minimum absolute atomic E-state index is 0.0119. The number of carbonyl (C=O) groups is 2. The molecule has 6 heteroatoms. The Balaban J connectivity index is 1.70. The van der Waals surface area contributed by atoms with Crippen molar-refractivity contribution in [2.45, 2.75) is 32.2 Å². The fourth-order valence-electron chi connectivity index (χ4n) is 2.92. The van der Waals surface area contributed by atoms with E-state index in [2.05, 4.69) is 10.3 Å². The molecule has 0 radical (unpaired) electrons. The smallest absolute Gasteiger partial charge is 0.259 e. The zero-order chi connectivity index (χ0) is 17.8. The molecular formula is C19H22N4O2. The molecule has 1 aromatic carbocycles. The van der Waals surface area contributed by atoms with E-state index in [9.17, 15) is 9.59 Å². The summed E-state index contributed by atoms with van der Waals surface area (Å²) < 4.78 is 0. The molecule has 1 unspecified atom stereocenters. The van der Waals surface area contributed by atoms with E-state index in [-0.39, 0.29) is 17.9 Å². The second kappa shape index (κ2) is 7.44. The van der Waals surface area contributed by atoms with Crippen molar-refractivity contribution in [1.82, 2.24) is 4.98 Å². The molecular weight excluding hydrogens is 316 g/mol. The number of benzene rings is 1. The number of nitrogens with zero attached hydrogens (tertiary/aromatic N) is 2. The third kappa shape index (κ3) is 4.03. The van der Waals surface area contributed by atoms with E-state index in [1.54, 1.807) is 29.4 Å². The van der Waals surface area contributed by atoms with E-state index in [0.29, 0.717) is 24.9 Å². The van der Waals surface area contributed by atoms with Gasteiger partial charge in [-0.1, -0.05) is 0 Å². The van der Waals surface area contributed by atoms with Crippen molar-refractivity contribution in [2.75, 3.05) is 16.8 Å². The second-order valence-electron chi connectivity index (χ2n) is 6.36. The number of fused-ring (bicyclic) bond motifs is 1. The topological polar surface area (TPSA) is 88.3 Å². The molecule has 25 heavy (non-hydrogen) atoms. The van der Waals surface area contributed by atoms with Gasteiger partial charge in [-0.05, 0) is 55.7 Å². The van der Waals surface area contributed by atoms with Crippen molar-refractivity contribution >= 4 is 23.2 Å². The van der Waals surface area contributed by atoms with Gasteiger partial charge >= 0.3 is 0 Å². The van der Waals surface area contributed by atoms with Crippen LogP contribution in [0.4, 0.5) is 11.4 Å². The van der Waals surface area contributed by atoms with Gasteiger partial charge in [0.25, 0.3) is 5.91 Å². The molecule has 2 heterocycles. The highest BCUT2D eigenvalue weighted by molar-refractivity contribution is 6.07. The van der Waals surface area contributed by atoms with Crippen molar-refractivity contribution in [3.05, 3.63) is 53.9 Å². The van der Waals surface area contributed by atoms with Gasteiger partial charge in [-0.2, -0.15) is 0 Å². The number of hydrogen-bond acceptors (Lipinski definition) is 4. The van der Waals surface area contributed by atoms with Crippen molar-refractivity contribution in [1.29, 1.82) is 0 Å². The lowest BCUT2D eigenvalue weighted by Crippen LogP contribution is -2.28. The lowest BCUT2D eigenvalue weighted by atomic mass is 10.1. The van der Waals surface area contributed by atoms with Crippen molar-refractivity contribution in [3.63, 3.8) is 0 Å². The first-order chi connectivity index (χ1) is 12.0. The van der Waals surface area contributed by atoms with Crippen LogP contribution in [0, 0.1) is 0 Å². The zero-order valence-corrected chi connectivity index (χ0v) is 14.2. The van der Waals surface area contributed by atoms with Gasteiger partial charge in [0.1, 0.15) is 0 Å². The summed E-state index contributed by atoms with van der Waals surface area (Å²) in [5, 5.41) is 2.89. The van der Waals surface area contributed by atoms with Crippen LogP contribution in [-0.2, 0) is 11.2 Å². The number of amides is 2. The summed E-state index contributed by atoms with van der Waals surface area (Å²) in [6.45, 7) is 2.52. The quantitative estimate of drug-likeness (QED) is 0.876. The van der Waals surface area contributed by atoms with Crippen LogP contribution in [0.5, 0.6) is 0 Å². The molecule has 1 atom stereocenters. The lowest BCUT2D eigenvalue weighted by molar-refractivity contribution is -0.116. The minimum atomic E-state index is -0.0550. The number of pyridine rings is 1. The standard InChI is InChI=1S/C19H22N4O2/c1-13(20)4-7-18(24)22-16-5-6-17-14(11-16)8-10-23(17)19(25)15-3-2-9-21-12-15/h2-3,5-6,9,11-13H,4,7-8,10,20H2,1H3,(H,22,24). The molecule has 1 aliphatic rings. The van der Waals surface area contributed by atoms with Crippen LogP contribution in [0.3, 0.4) is 0 Å². The molecule has 3 N–H and O–H groups in total. The lowest BCUT2D eigenvalue weighted by Gasteiger charge is -2.17. The molecule has 0 fully saturated rings. The number of carbonyl (C=O) groups excluding carboxylic acids is 2. The van der Waals surface area contributed by atoms with Crippen LogP contribution in [0.1, 0.15) is 35.7 Å². The van der Waals surface area contributed by atoms with Crippen LogP contribution in [0.25, 0.3) is 0 Å². The Morgan fingerprint density at radius 1 is 1.36 bits per heavy atom. The maximum atomic E-state index is 12.6. The molecule has 1 aromatic heterocycles. The van der Waals surface area contributed by atoms with Crippen LogP contribution >= 0.6 is 0 Å². The first kappa shape index (κ1) is 17.1. The molecule has 2 aromatic rings. The zero-order valence-electron chi connectivity index (χ0n) is 14.2. The SMILES string of the molecule is CC(N)CCC(=O)Nc1ccc2c(c1)CCN2C(=O)c1cccnc1. The third-order valence-electron chi connectivity index (χ3n) is 4.24. The molecule has 3 rings (SSSR count). The number of nitrogens with two attached hydrogens (primary N) is 1. The van der Waals surface area contributed by atoms with Gasteiger partial charge in [0.2, 0.25) is 5.91 Å². The van der Waals surface area contributed by atoms with E-state index in [4.69, 9.17) is 5.73 Å². The molecule has 1 aliphatic heterocycles. The van der Waals surface area contributed by atoms with Gasteiger partial charge in [-0.3, -0.25) is 14.6 Å². The first-order valence-corrected chi connectivity index (χ1v) is 8.45. The molecule has 0 saturated carbocycles. The van der Waals surface area contributed by atoms with E-state index >= 15 is 0 Å². The van der Waals surface area contributed by atoms with Crippen molar-refractivity contribution in [3.8, 4) is 0 Å². The summed E-state index contributed by atoms with van der Waals surface area (Å²) in [7, 11) is 0. The number of nitrogens with one attached hydrogen (secondary N) is 1. The average molecular weight is 338 g/mol. The van der Waals surface area contributed by atoms with E-state index in [1.165, 1.54) is 0 Å². The first-order valence-electron chi connectivity index (χ1n) is 8.45. The van der Waals surface area contributed by atoms with Gasteiger partial charge in [0, 0.05) is 42.8 Å². The average Bonchev–Trinajstić information content (AvgIpc) is 3.03. The number of rotatable bonds is 5. The van der Waals surface area contributed by atoms with Gasteiger partial charge < -0.3 is 16.0 Å². The van der Waals surface area contributed by atoms with E-state index < -0.39 is 0 Å². The van der Waals surface area contributed by atoms with E-state index in [0.717, 1.165) is 23.4 Å². The minimum Gasteiger partial charge on any atom is -0.328 e. The second-order valence-corrected chi connectivity index (χ2v) is 6.36. The molecule has 0 saturated heterocycles. The summed E-state index contributed by atoms with van der Waals surface area (Å²) in [4.78, 5) is 30.3. The summed E-state index contributed by atoms with van der Waals surface area (Å²) in [6, 6.07) is 9.19. The third-order valence-corrected chi connectivity index (χ3v) is 4.24. The molecule has 130 valence electrons. The number of hydrogen-bond donors (Lipinski definition) is 2. The van der Waals surface area contributed by atoms with Crippen LogP contribution in [0.15, 0.2) is 42.7 Å². The highest BCUT2D eigenvalue weighted by Gasteiger charge is 2.26. The van der Waals surface area contributed by atoms with Crippen LogP contribution in [0.2, 0.25) is 0 Å². The summed E-state index contributed by atoms with van der Waals surface area (Å²) in [5.74, 6) is -0.0980. The maximum Gasteiger partial charge on any atom is 0.259 e. The molecule has 2 amide bonds. The van der Waals surface area contributed by atoms with Gasteiger partial charge in [0.05, 0.1) is 5.56 Å². The number of aromatic nitrogens is 1. The van der Waals surface area contributed by atoms with Gasteiger partial charge in [-0.15, -0.1) is 0 Å². The van der Waals surface area contributed by atoms with Crippen molar-refractivity contribution in [2.24, 2.45) is 5.73 Å². The Labute approximate surface area is 147 Å². The Hall–Kier alpha value is -2.73. The fourth-order valence-corrected chi connectivity index (χ4v) is 2.92. The monoisotopic (exact) mass is 338 g/mol. The predicted molar refractivity (Wildman–Crippen MR) is 97.6 cm³/mol. The molecule has 6 nitrogen and oxygen atoms in total. The Morgan fingerprint density at radius 2 is 2.20 bits per heavy atom. The largest absolute Gasteiger partial charge is 0.328 e. The highest BCUT2D eigenvalue weighted by Crippen LogP contribution is 2.31. The summed E-state index contributed by atoms with van der Waals surface area (Å²) >= 11 is 0. The van der Waals surface area contributed by atoms with Gasteiger partial charge in [0.15, 0.2) is 0 Å². The van der Waals surface area contributed by atoms with Crippen molar-refractivity contribution < 1.29 is 9.59 Å². The summed E-state index contributed by atoms with van der Waals surface area (Å²) in [5.41, 5.74) is 8.95. The molecule has 0 bridgehead atoms. The van der Waals surface area contributed by atoms with Gasteiger partial charge in [-0.25, -0.2) is 0 Å². The molecule has 0 aliphatic carbocycles. The summed E-state index contributed by atoms with van der Waals surface area (Å²) in [6.07, 6.45) is 5.05. The van der Waals surface area contributed by atoms with E-state index in [1.807, 2.05) is 25.1 Å². The predicted octanol–water partition coefficient (Wildman–Crippen LogP) is 2.35. The molecule has 0 spiro atoms. The van der Waals surface area contributed by atoms with Crippen LogP contribution < -0.4 is 16.0 Å².